The molecule has 0 radical (unpaired) electrons. The summed E-state index contributed by atoms with van der Waals surface area (Å²) in [6, 6.07) is 15.7. The van der Waals surface area contributed by atoms with Crippen molar-refractivity contribution in [3.8, 4) is 0 Å². The summed E-state index contributed by atoms with van der Waals surface area (Å²) >= 11 is 6.51. The number of aromatic carboxylic acids is 1. The van der Waals surface area contributed by atoms with E-state index in [1.54, 1.807) is 12.1 Å². The lowest BCUT2D eigenvalue weighted by Gasteiger charge is -2.14. The van der Waals surface area contributed by atoms with Crippen molar-refractivity contribution in [2.45, 2.75) is 12.8 Å². The van der Waals surface area contributed by atoms with Crippen molar-refractivity contribution in [1.29, 1.82) is 0 Å². The number of thioether (sulfide) groups is 1. The van der Waals surface area contributed by atoms with E-state index >= 15 is 0 Å². The van der Waals surface area contributed by atoms with Crippen LogP contribution < -0.4 is 5.32 Å². The van der Waals surface area contributed by atoms with Gasteiger partial charge in [-0.3, -0.25) is 14.5 Å². The lowest BCUT2D eigenvalue weighted by Crippen LogP contribution is -2.28. The molecule has 29 heavy (non-hydrogen) atoms. The van der Waals surface area contributed by atoms with E-state index < -0.39 is 5.97 Å². The van der Waals surface area contributed by atoms with Gasteiger partial charge < -0.3 is 10.4 Å². The first-order valence-electron chi connectivity index (χ1n) is 8.87. The fourth-order valence-electron chi connectivity index (χ4n) is 2.74. The third-order valence-electron chi connectivity index (χ3n) is 4.15. The maximum atomic E-state index is 12.3. The number of rotatable bonds is 7. The van der Waals surface area contributed by atoms with Gasteiger partial charge in [0.25, 0.3) is 5.24 Å². The highest BCUT2D eigenvalue weighted by atomic mass is 32.2. The van der Waals surface area contributed by atoms with E-state index in [9.17, 15) is 14.4 Å². The van der Waals surface area contributed by atoms with Gasteiger partial charge in [0.15, 0.2) is 0 Å². The lowest BCUT2D eigenvalue weighted by molar-refractivity contribution is -0.116. The molecule has 1 saturated heterocycles. The molecular weight excluding hydrogens is 408 g/mol. The van der Waals surface area contributed by atoms with Gasteiger partial charge in [0.2, 0.25) is 5.91 Å². The molecule has 1 aliphatic heterocycles. The van der Waals surface area contributed by atoms with Crippen LogP contribution in [-0.2, 0) is 4.79 Å². The standard InChI is InChI=1S/C21H18N2O4S2/c24-18(22-16-9-4-8-15(13-16)20(25)26)10-5-11-23-19(28)17(29-21(23)27)12-14-6-2-1-3-7-14/h1-4,6-9,12-13H,5,10-11H2,(H,22,24)(H,25,26)/b17-12+. The van der Waals surface area contributed by atoms with Crippen LogP contribution in [0.5, 0.6) is 0 Å². The number of carboxylic acid groups (broad SMARTS) is 1. The zero-order chi connectivity index (χ0) is 20.8. The molecule has 0 aromatic heterocycles. The molecular formula is C21H18N2O4S2. The number of hydrogen-bond donors (Lipinski definition) is 2. The molecule has 2 aromatic carbocycles. The zero-order valence-corrected chi connectivity index (χ0v) is 17.0. The number of carboxylic acids is 1. The van der Waals surface area contributed by atoms with E-state index in [-0.39, 0.29) is 23.1 Å². The maximum absolute atomic E-state index is 12.3. The Balaban J connectivity index is 1.52. The number of nitrogens with zero attached hydrogens (tertiary/aromatic N) is 1. The van der Waals surface area contributed by atoms with Gasteiger partial charge in [0, 0.05) is 18.7 Å². The molecule has 1 heterocycles. The summed E-state index contributed by atoms with van der Waals surface area (Å²) < 4.78 is 0. The number of amides is 2. The topological polar surface area (TPSA) is 86.7 Å². The minimum atomic E-state index is -1.06. The second-order valence-electron chi connectivity index (χ2n) is 6.28. The number of benzene rings is 2. The number of nitrogens with one attached hydrogen (secondary N) is 1. The molecule has 2 aromatic rings. The Morgan fingerprint density at radius 2 is 1.90 bits per heavy atom. The predicted molar refractivity (Wildman–Crippen MR) is 118 cm³/mol. The van der Waals surface area contributed by atoms with Crippen molar-refractivity contribution in [3.63, 3.8) is 0 Å². The van der Waals surface area contributed by atoms with E-state index in [1.807, 2.05) is 36.4 Å². The molecule has 0 bridgehead atoms. The summed E-state index contributed by atoms with van der Waals surface area (Å²) in [6.07, 6.45) is 2.51. The second kappa shape index (κ2) is 9.49. The van der Waals surface area contributed by atoms with Crippen LogP contribution >= 0.6 is 24.0 Å². The number of carbonyl (C=O) groups excluding carboxylic acids is 2. The summed E-state index contributed by atoms with van der Waals surface area (Å²) in [5, 5.41) is 11.5. The van der Waals surface area contributed by atoms with Crippen molar-refractivity contribution >= 4 is 57.8 Å². The Hall–Kier alpha value is -2.97. The smallest absolute Gasteiger partial charge is 0.335 e. The Morgan fingerprint density at radius 1 is 1.14 bits per heavy atom. The first kappa shape index (κ1) is 20.8. The van der Waals surface area contributed by atoms with E-state index in [0.717, 1.165) is 22.2 Å². The van der Waals surface area contributed by atoms with Crippen LogP contribution in [0.3, 0.4) is 0 Å². The number of carbonyl (C=O) groups is 3. The van der Waals surface area contributed by atoms with Gasteiger partial charge in [-0.15, -0.1) is 0 Å². The highest BCUT2D eigenvalue weighted by Gasteiger charge is 2.31. The molecule has 0 atom stereocenters. The molecule has 0 spiro atoms. The van der Waals surface area contributed by atoms with Crippen LogP contribution in [0.15, 0.2) is 59.5 Å². The number of thiocarbonyl (C=S) groups is 1. The van der Waals surface area contributed by atoms with E-state index in [4.69, 9.17) is 17.3 Å². The zero-order valence-electron chi connectivity index (χ0n) is 15.3. The van der Waals surface area contributed by atoms with Crippen LogP contribution in [0.4, 0.5) is 10.5 Å². The molecule has 2 amide bonds. The van der Waals surface area contributed by atoms with E-state index in [2.05, 4.69) is 5.32 Å². The third-order valence-corrected chi connectivity index (χ3v) is 5.65. The quantitative estimate of drug-likeness (QED) is 0.495. The summed E-state index contributed by atoms with van der Waals surface area (Å²) in [5.74, 6) is -1.31. The lowest BCUT2D eigenvalue weighted by atomic mass is 10.2. The summed E-state index contributed by atoms with van der Waals surface area (Å²) in [5.41, 5.74) is 1.49. The number of hydrogen-bond acceptors (Lipinski definition) is 5. The minimum absolute atomic E-state index is 0.102. The molecule has 1 aliphatic rings. The van der Waals surface area contributed by atoms with Crippen LogP contribution in [0.25, 0.3) is 6.08 Å². The Kier molecular flexibility index (Phi) is 6.79. The molecule has 0 aliphatic carbocycles. The highest BCUT2D eigenvalue weighted by Crippen LogP contribution is 2.33. The molecule has 2 N–H and O–H groups in total. The fourth-order valence-corrected chi connectivity index (χ4v) is 4.03. The van der Waals surface area contributed by atoms with E-state index in [1.165, 1.54) is 17.0 Å². The first-order valence-corrected chi connectivity index (χ1v) is 10.1. The Bertz CT molecular complexity index is 989. The predicted octanol–water partition coefficient (Wildman–Crippen LogP) is 4.64. The van der Waals surface area contributed by atoms with Gasteiger partial charge in [-0.25, -0.2) is 4.79 Å². The molecule has 0 unspecified atom stereocenters. The molecule has 6 nitrogen and oxygen atoms in total. The van der Waals surface area contributed by atoms with Gasteiger partial charge in [-0.2, -0.15) is 0 Å². The molecule has 0 saturated carbocycles. The van der Waals surface area contributed by atoms with Gasteiger partial charge in [-0.05, 0) is 48.0 Å². The maximum Gasteiger partial charge on any atom is 0.335 e. The molecule has 3 rings (SSSR count). The Morgan fingerprint density at radius 3 is 2.62 bits per heavy atom. The van der Waals surface area contributed by atoms with Crippen molar-refractivity contribution in [1.82, 2.24) is 4.90 Å². The van der Waals surface area contributed by atoms with Gasteiger partial charge in [-0.1, -0.05) is 48.6 Å². The first-order chi connectivity index (χ1) is 13.9. The SMILES string of the molecule is O=C(CCCN1C(=O)S/C(=C/c2ccccc2)C1=S)Nc1cccc(C(=O)O)c1. The van der Waals surface area contributed by atoms with Crippen molar-refractivity contribution < 1.29 is 19.5 Å². The van der Waals surface area contributed by atoms with Crippen molar-refractivity contribution in [3.05, 3.63) is 70.6 Å². The molecule has 148 valence electrons. The number of anilines is 1. The van der Waals surface area contributed by atoms with Crippen molar-refractivity contribution in [2.24, 2.45) is 0 Å². The summed E-state index contributed by atoms with van der Waals surface area (Å²) in [7, 11) is 0. The Labute approximate surface area is 177 Å². The minimum Gasteiger partial charge on any atom is -0.478 e. The van der Waals surface area contributed by atoms with Crippen LogP contribution in [0.2, 0.25) is 0 Å². The van der Waals surface area contributed by atoms with Crippen molar-refractivity contribution in [2.75, 3.05) is 11.9 Å². The average Bonchev–Trinajstić information content (AvgIpc) is 2.96. The van der Waals surface area contributed by atoms with Crippen LogP contribution in [0.1, 0.15) is 28.8 Å². The van der Waals surface area contributed by atoms with Crippen LogP contribution in [-0.4, -0.2) is 38.7 Å². The summed E-state index contributed by atoms with van der Waals surface area (Å²) in [4.78, 5) is 38.1. The molecule has 1 fully saturated rings. The van der Waals surface area contributed by atoms with Gasteiger partial charge >= 0.3 is 5.97 Å². The summed E-state index contributed by atoms with van der Waals surface area (Å²) in [6.45, 7) is 0.347. The third kappa shape index (κ3) is 5.52. The van der Waals surface area contributed by atoms with Gasteiger partial charge in [0.05, 0.1) is 10.5 Å². The molecule has 8 heteroatoms. The van der Waals surface area contributed by atoms with Gasteiger partial charge in [0.1, 0.15) is 4.99 Å². The normalized spacial score (nSPS) is 15.0. The fraction of sp³-hybridized carbons (Fsp3) is 0.143. The van der Waals surface area contributed by atoms with Crippen LogP contribution in [0, 0.1) is 0 Å². The van der Waals surface area contributed by atoms with E-state index in [0.29, 0.717) is 23.6 Å². The largest absolute Gasteiger partial charge is 0.478 e. The highest BCUT2D eigenvalue weighted by molar-refractivity contribution is 8.19. The second-order valence-corrected chi connectivity index (χ2v) is 7.66. The average molecular weight is 427 g/mol. The monoisotopic (exact) mass is 426 g/mol.